The molecule has 0 bridgehead atoms. The quantitative estimate of drug-likeness (QED) is 0.603. The first-order valence-corrected chi connectivity index (χ1v) is 8.65. The van der Waals surface area contributed by atoms with Crippen LogP contribution in [0.15, 0.2) is 48.9 Å². The van der Waals surface area contributed by atoms with Crippen molar-refractivity contribution in [1.29, 1.82) is 0 Å². The summed E-state index contributed by atoms with van der Waals surface area (Å²) in [5.41, 5.74) is 5.92. The zero-order chi connectivity index (χ0) is 18.1. The summed E-state index contributed by atoms with van der Waals surface area (Å²) in [6.45, 7) is 6.12. The van der Waals surface area contributed by atoms with Crippen molar-refractivity contribution >= 4 is 17.0 Å². The molecule has 0 unspecified atom stereocenters. The SMILES string of the molecule is CCc1ccn2nc(-c3cccc(C)n3)nc(Nc3ccncc3C)c12. The van der Waals surface area contributed by atoms with Crippen molar-refractivity contribution < 1.29 is 0 Å². The van der Waals surface area contributed by atoms with Crippen LogP contribution in [0.3, 0.4) is 0 Å². The molecule has 130 valence electrons. The van der Waals surface area contributed by atoms with E-state index in [0.717, 1.165) is 40.4 Å². The lowest BCUT2D eigenvalue weighted by Crippen LogP contribution is -2.06. The number of rotatable bonds is 4. The van der Waals surface area contributed by atoms with E-state index in [1.54, 1.807) is 6.20 Å². The minimum absolute atomic E-state index is 0.591. The Morgan fingerprint density at radius 1 is 1.08 bits per heavy atom. The van der Waals surface area contributed by atoms with E-state index in [9.17, 15) is 0 Å². The second-order valence-electron chi connectivity index (χ2n) is 6.25. The Balaban J connectivity index is 1.91. The zero-order valence-corrected chi connectivity index (χ0v) is 15.1. The lowest BCUT2D eigenvalue weighted by Gasteiger charge is -2.12. The summed E-state index contributed by atoms with van der Waals surface area (Å²) in [7, 11) is 0. The van der Waals surface area contributed by atoms with Gasteiger partial charge in [0.15, 0.2) is 5.82 Å². The average molecular weight is 344 g/mol. The Bertz CT molecular complexity index is 1080. The van der Waals surface area contributed by atoms with Crippen LogP contribution in [0.2, 0.25) is 0 Å². The number of hydrogen-bond acceptors (Lipinski definition) is 5. The summed E-state index contributed by atoms with van der Waals surface area (Å²) in [4.78, 5) is 13.5. The topological polar surface area (TPSA) is 68.0 Å². The molecule has 0 saturated carbocycles. The van der Waals surface area contributed by atoms with E-state index >= 15 is 0 Å². The largest absolute Gasteiger partial charge is 0.338 e. The van der Waals surface area contributed by atoms with Gasteiger partial charge >= 0.3 is 0 Å². The van der Waals surface area contributed by atoms with Crippen molar-refractivity contribution in [1.82, 2.24) is 24.6 Å². The predicted octanol–water partition coefficient (Wildman–Crippen LogP) is 4.11. The number of fused-ring (bicyclic) bond motifs is 1. The lowest BCUT2D eigenvalue weighted by atomic mass is 10.2. The van der Waals surface area contributed by atoms with Crippen LogP contribution in [0, 0.1) is 13.8 Å². The maximum Gasteiger partial charge on any atom is 0.200 e. The third-order valence-corrected chi connectivity index (χ3v) is 4.37. The molecule has 0 fully saturated rings. The van der Waals surface area contributed by atoms with Gasteiger partial charge in [-0.05, 0) is 55.7 Å². The van der Waals surface area contributed by atoms with E-state index in [-0.39, 0.29) is 0 Å². The van der Waals surface area contributed by atoms with Gasteiger partial charge in [0, 0.05) is 30.0 Å². The molecule has 0 aliphatic rings. The van der Waals surface area contributed by atoms with Gasteiger partial charge < -0.3 is 5.32 Å². The summed E-state index contributed by atoms with van der Waals surface area (Å²) in [5, 5.41) is 8.13. The molecule has 0 radical (unpaired) electrons. The molecule has 0 aliphatic heterocycles. The first-order valence-electron chi connectivity index (χ1n) is 8.65. The summed E-state index contributed by atoms with van der Waals surface area (Å²) < 4.78 is 1.88. The molecule has 4 aromatic heterocycles. The molecule has 4 aromatic rings. The van der Waals surface area contributed by atoms with Gasteiger partial charge in [0.2, 0.25) is 5.82 Å². The fourth-order valence-electron chi connectivity index (χ4n) is 2.98. The van der Waals surface area contributed by atoms with Gasteiger partial charge in [-0.3, -0.25) is 4.98 Å². The van der Waals surface area contributed by atoms with Crippen molar-refractivity contribution in [2.24, 2.45) is 0 Å². The van der Waals surface area contributed by atoms with E-state index in [1.807, 2.05) is 55.0 Å². The van der Waals surface area contributed by atoms with Crippen LogP contribution in [0.4, 0.5) is 11.5 Å². The summed E-state index contributed by atoms with van der Waals surface area (Å²) >= 11 is 0. The number of nitrogens with zero attached hydrogens (tertiary/aromatic N) is 5. The molecule has 26 heavy (non-hydrogen) atoms. The van der Waals surface area contributed by atoms with Gasteiger partial charge in [-0.15, -0.1) is 5.10 Å². The second-order valence-corrected chi connectivity index (χ2v) is 6.25. The van der Waals surface area contributed by atoms with Gasteiger partial charge in [-0.2, -0.15) is 0 Å². The Kier molecular flexibility index (Phi) is 4.08. The van der Waals surface area contributed by atoms with Crippen LogP contribution < -0.4 is 5.32 Å². The molecule has 6 heteroatoms. The number of aromatic nitrogens is 5. The van der Waals surface area contributed by atoms with Crippen molar-refractivity contribution in [3.63, 3.8) is 0 Å². The molecule has 0 atom stereocenters. The minimum atomic E-state index is 0.591. The number of pyridine rings is 2. The number of aryl methyl sites for hydroxylation is 3. The lowest BCUT2D eigenvalue weighted by molar-refractivity contribution is 0.905. The fraction of sp³-hybridized carbons (Fsp3) is 0.200. The molecule has 0 saturated heterocycles. The summed E-state index contributed by atoms with van der Waals surface area (Å²) in [6.07, 6.45) is 6.49. The molecule has 4 rings (SSSR count). The minimum Gasteiger partial charge on any atom is -0.338 e. The molecule has 0 aromatic carbocycles. The van der Waals surface area contributed by atoms with Gasteiger partial charge in [0.25, 0.3) is 0 Å². The Morgan fingerprint density at radius 3 is 2.73 bits per heavy atom. The third kappa shape index (κ3) is 2.90. The van der Waals surface area contributed by atoms with E-state index in [4.69, 9.17) is 4.98 Å². The van der Waals surface area contributed by atoms with E-state index < -0.39 is 0 Å². The zero-order valence-electron chi connectivity index (χ0n) is 15.1. The van der Waals surface area contributed by atoms with E-state index in [1.165, 1.54) is 5.56 Å². The molecular formula is C20H20N6. The molecule has 0 amide bonds. The Hall–Kier alpha value is -3.28. The number of nitrogens with one attached hydrogen (secondary N) is 1. The van der Waals surface area contributed by atoms with Gasteiger partial charge in [0.1, 0.15) is 11.2 Å². The summed E-state index contributed by atoms with van der Waals surface area (Å²) in [6, 6.07) is 9.90. The fourth-order valence-corrected chi connectivity index (χ4v) is 2.98. The molecule has 4 heterocycles. The Labute approximate surface area is 152 Å². The Morgan fingerprint density at radius 2 is 1.96 bits per heavy atom. The predicted molar refractivity (Wildman–Crippen MR) is 103 cm³/mol. The van der Waals surface area contributed by atoms with Crippen LogP contribution in [0.5, 0.6) is 0 Å². The first-order chi connectivity index (χ1) is 12.7. The van der Waals surface area contributed by atoms with Crippen LogP contribution in [0.25, 0.3) is 17.0 Å². The highest BCUT2D eigenvalue weighted by Gasteiger charge is 2.14. The third-order valence-electron chi connectivity index (χ3n) is 4.37. The maximum atomic E-state index is 4.80. The summed E-state index contributed by atoms with van der Waals surface area (Å²) in [5.74, 6) is 1.36. The smallest absolute Gasteiger partial charge is 0.200 e. The molecule has 1 N–H and O–H groups in total. The van der Waals surface area contributed by atoms with Crippen molar-refractivity contribution in [3.8, 4) is 11.5 Å². The van der Waals surface area contributed by atoms with Crippen LogP contribution in [0.1, 0.15) is 23.7 Å². The second kappa shape index (κ2) is 6.55. The van der Waals surface area contributed by atoms with Crippen molar-refractivity contribution in [2.45, 2.75) is 27.2 Å². The van der Waals surface area contributed by atoms with Crippen molar-refractivity contribution in [2.75, 3.05) is 5.32 Å². The van der Waals surface area contributed by atoms with Crippen LogP contribution >= 0.6 is 0 Å². The highest BCUT2D eigenvalue weighted by atomic mass is 15.3. The standard InChI is InChI=1S/C20H20N6/c1-4-15-9-11-26-18(15)20(23-16-8-10-21-12-13(16)2)24-19(25-26)17-7-5-6-14(3)22-17/h5-12H,4H2,1-3H3,(H,21,23,24,25). The number of hydrogen-bond donors (Lipinski definition) is 1. The maximum absolute atomic E-state index is 4.80. The van der Waals surface area contributed by atoms with Gasteiger partial charge in [0.05, 0.1) is 0 Å². The monoisotopic (exact) mass is 344 g/mol. The molecular weight excluding hydrogens is 324 g/mol. The highest BCUT2D eigenvalue weighted by molar-refractivity contribution is 5.78. The first kappa shape index (κ1) is 16.2. The van der Waals surface area contributed by atoms with E-state index in [2.05, 4.69) is 33.4 Å². The van der Waals surface area contributed by atoms with Crippen molar-refractivity contribution in [3.05, 3.63) is 65.7 Å². The molecule has 6 nitrogen and oxygen atoms in total. The van der Waals surface area contributed by atoms with Gasteiger partial charge in [-0.1, -0.05) is 13.0 Å². The van der Waals surface area contributed by atoms with Crippen LogP contribution in [-0.4, -0.2) is 24.6 Å². The van der Waals surface area contributed by atoms with E-state index in [0.29, 0.717) is 5.82 Å². The normalized spacial score (nSPS) is 11.0. The average Bonchev–Trinajstić information content (AvgIpc) is 3.07. The highest BCUT2D eigenvalue weighted by Crippen LogP contribution is 2.27. The van der Waals surface area contributed by atoms with Crippen LogP contribution in [-0.2, 0) is 6.42 Å². The molecule has 0 aliphatic carbocycles. The van der Waals surface area contributed by atoms with Gasteiger partial charge in [-0.25, -0.2) is 14.5 Å². The number of anilines is 2. The molecule has 0 spiro atoms.